The van der Waals surface area contributed by atoms with E-state index in [1.807, 2.05) is 12.1 Å². The van der Waals surface area contributed by atoms with E-state index >= 15 is 0 Å². The van der Waals surface area contributed by atoms with Crippen molar-refractivity contribution in [1.29, 1.82) is 5.26 Å². The average molecular weight is 512 g/mol. The molecule has 5 heterocycles. The third-order valence-electron chi connectivity index (χ3n) is 8.12. The van der Waals surface area contributed by atoms with Gasteiger partial charge in [-0.1, -0.05) is 6.07 Å². The Balaban J connectivity index is 1.07. The Morgan fingerprint density at radius 3 is 2.89 bits per heavy atom. The second-order valence-electron chi connectivity index (χ2n) is 10.9. The van der Waals surface area contributed by atoms with Gasteiger partial charge >= 0.3 is 0 Å². The Bertz CT molecular complexity index is 1330. The van der Waals surface area contributed by atoms with Crippen molar-refractivity contribution in [3.63, 3.8) is 0 Å². The van der Waals surface area contributed by atoms with Crippen molar-refractivity contribution in [2.75, 3.05) is 62.2 Å². The molecular weight excluding hydrogens is 474 g/mol. The number of pyridine rings is 2. The average Bonchev–Trinajstić information content (AvgIpc) is 2.93. The first-order valence-corrected chi connectivity index (χ1v) is 14.0. The van der Waals surface area contributed by atoms with E-state index in [0.29, 0.717) is 11.5 Å². The van der Waals surface area contributed by atoms with E-state index in [0.717, 1.165) is 87.7 Å². The minimum atomic E-state index is 0.147. The second kappa shape index (κ2) is 10.9. The molecule has 0 saturated carbocycles. The van der Waals surface area contributed by atoms with Gasteiger partial charge in [0.2, 0.25) is 0 Å². The van der Waals surface area contributed by atoms with E-state index in [1.54, 1.807) is 6.20 Å². The van der Waals surface area contributed by atoms with Crippen molar-refractivity contribution in [3.05, 3.63) is 59.4 Å². The Morgan fingerprint density at radius 2 is 2.05 bits per heavy atom. The van der Waals surface area contributed by atoms with E-state index in [2.05, 4.69) is 69.2 Å². The van der Waals surface area contributed by atoms with Crippen LogP contribution < -0.4 is 15.1 Å². The Labute approximate surface area is 225 Å². The zero-order valence-corrected chi connectivity index (χ0v) is 22.4. The summed E-state index contributed by atoms with van der Waals surface area (Å²) in [4.78, 5) is 16.9. The Kier molecular flexibility index (Phi) is 7.16. The van der Waals surface area contributed by atoms with Gasteiger partial charge in [0.05, 0.1) is 23.3 Å². The maximum Gasteiger partial charge on any atom is 0.128 e. The molecule has 2 atom stereocenters. The Morgan fingerprint density at radius 1 is 1.16 bits per heavy atom. The van der Waals surface area contributed by atoms with E-state index in [9.17, 15) is 5.26 Å². The van der Waals surface area contributed by atoms with Crippen molar-refractivity contribution in [2.24, 2.45) is 5.92 Å². The lowest BCUT2D eigenvalue weighted by atomic mass is 9.98. The van der Waals surface area contributed by atoms with Gasteiger partial charge in [-0.25, -0.2) is 4.98 Å². The fraction of sp³-hybridized carbons (Fsp3) is 0.500. The zero-order chi connectivity index (χ0) is 26.1. The molecule has 0 bridgehead atoms. The number of rotatable bonds is 7. The van der Waals surface area contributed by atoms with Crippen LogP contribution in [-0.2, 0) is 17.7 Å². The standard InChI is InChI=1S/C30H37N7O/c1-3-36(29-9-7-24-14-32-12-10-27(24)34-29)18-22-16-35(17-22)19-25-20-37(15-21(2)38-25)28-8-6-23(13-31)30-26(28)5-4-11-33-30/h4-9,11,21-22,25,32H,3,10,12,14-20H2,1-2H3/t21-,25+/m1/s1. The van der Waals surface area contributed by atoms with E-state index in [1.165, 1.54) is 11.3 Å². The molecular formula is C30H37N7O. The lowest BCUT2D eigenvalue weighted by molar-refractivity contribution is -0.0488. The van der Waals surface area contributed by atoms with Crippen molar-refractivity contribution in [2.45, 2.75) is 39.0 Å². The number of hydrogen-bond acceptors (Lipinski definition) is 8. The quantitative estimate of drug-likeness (QED) is 0.518. The van der Waals surface area contributed by atoms with Gasteiger partial charge in [-0.15, -0.1) is 0 Å². The van der Waals surface area contributed by atoms with Crippen LogP contribution in [0.3, 0.4) is 0 Å². The molecule has 6 rings (SSSR count). The molecule has 8 nitrogen and oxygen atoms in total. The number of anilines is 2. The molecule has 0 radical (unpaired) electrons. The lowest BCUT2D eigenvalue weighted by Crippen LogP contribution is -2.57. The number of ether oxygens (including phenoxy) is 1. The van der Waals surface area contributed by atoms with Gasteiger partial charge in [0.25, 0.3) is 0 Å². The summed E-state index contributed by atoms with van der Waals surface area (Å²) in [6, 6.07) is 14.7. The van der Waals surface area contributed by atoms with Gasteiger partial charge in [0, 0.05) is 94.2 Å². The molecule has 0 unspecified atom stereocenters. The number of morpholine rings is 1. The van der Waals surface area contributed by atoms with Gasteiger partial charge in [-0.05, 0) is 49.7 Å². The molecule has 1 aromatic carbocycles. The van der Waals surface area contributed by atoms with Crippen LogP contribution >= 0.6 is 0 Å². The zero-order valence-electron chi connectivity index (χ0n) is 22.4. The highest BCUT2D eigenvalue weighted by Gasteiger charge is 2.34. The van der Waals surface area contributed by atoms with Crippen LogP contribution in [0.25, 0.3) is 10.9 Å². The molecule has 1 N–H and O–H groups in total. The van der Waals surface area contributed by atoms with Gasteiger partial charge in [0.1, 0.15) is 11.9 Å². The molecule has 2 aromatic heterocycles. The maximum absolute atomic E-state index is 9.52. The van der Waals surface area contributed by atoms with Crippen molar-refractivity contribution in [1.82, 2.24) is 20.2 Å². The minimum absolute atomic E-state index is 0.147. The van der Waals surface area contributed by atoms with Crippen LogP contribution in [0.5, 0.6) is 0 Å². The smallest absolute Gasteiger partial charge is 0.128 e. The van der Waals surface area contributed by atoms with Crippen LogP contribution in [0, 0.1) is 17.2 Å². The van der Waals surface area contributed by atoms with Gasteiger partial charge < -0.3 is 19.9 Å². The fourth-order valence-electron chi connectivity index (χ4n) is 6.29. The number of nitrogens with one attached hydrogen (secondary N) is 1. The van der Waals surface area contributed by atoms with Crippen LogP contribution in [0.4, 0.5) is 11.5 Å². The SMILES string of the molecule is CCN(CC1CN(C[C@H]2CN(c3ccc(C#N)c4ncccc34)C[C@@H](C)O2)C1)c1ccc2c(n1)CCNC2. The number of aromatic nitrogens is 2. The summed E-state index contributed by atoms with van der Waals surface area (Å²) in [5, 5.41) is 14.0. The number of hydrogen-bond donors (Lipinski definition) is 1. The first-order valence-electron chi connectivity index (χ1n) is 14.0. The van der Waals surface area contributed by atoms with Gasteiger partial charge in [0.15, 0.2) is 0 Å². The summed E-state index contributed by atoms with van der Waals surface area (Å²) in [5.41, 5.74) is 5.14. The summed E-state index contributed by atoms with van der Waals surface area (Å²) in [5.74, 6) is 1.77. The number of likely N-dealkylation sites (tertiary alicyclic amines) is 1. The van der Waals surface area contributed by atoms with E-state index < -0.39 is 0 Å². The first kappa shape index (κ1) is 25.1. The normalized spacial score (nSPS) is 22.1. The number of benzene rings is 1. The van der Waals surface area contributed by atoms with E-state index in [4.69, 9.17) is 9.72 Å². The summed E-state index contributed by atoms with van der Waals surface area (Å²) in [6.45, 7) is 13.2. The molecule has 0 aliphatic carbocycles. The van der Waals surface area contributed by atoms with Gasteiger partial charge in [-0.3, -0.25) is 9.88 Å². The molecule has 3 aromatic rings. The van der Waals surface area contributed by atoms with E-state index in [-0.39, 0.29) is 12.2 Å². The predicted octanol–water partition coefficient (Wildman–Crippen LogP) is 3.20. The van der Waals surface area contributed by atoms with Crippen LogP contribution in [0.15, 0.2) is 42.6 Å². The highest BCUT2D eigenvalue weighted by molar-refractivity contribution is 5.95. The molecule has 0 amide bonds. The maximum atomic E-state index is 9.52. The van der Waals surface area contributed by atoms with Gasteiger partial charge in [-0.2, -0.15) is 5.26 Å². The Hall–Kier alpha value is -3.25. The third-order valence-corrected chi connectivity index (χ3v) is 8.12. The largest absolute Gasteiger partial charge is 0.370 e. The summed E-state index contributed by atoms with van der Waals surface area (Å²) < 4.78 is 6.38. The first-order chi connectivity index (χ1) is 18.6. The van der Waals surface area contributed by atoms with Crippen LogP contribution in [0.2, 0.25) is 0 Å². The highest BCUT2D eigenvalue weighted by atomic mass is 16.5. The van der Waals surface area contributed by atoms with Crippen LogP contribution in [-0.4, -0.2) is 79.4 Å². The summed E-state index contributed by atoms with van der Waals surface area (Å²) >= 11 is 0. The second-order valence-corrected chi connectivity index (χ2v) is 10.9. The van der Waals surface area contributed by atoms with Crippen molar-refractivity contribution >= 4 is 22.4 Å². The molecule has 8 heteroatoms. The number of nitrogens with zero attached hydrogens (tertiary/aromatic N) is 6. The minimum Gasteiger partial charge on any atom is -0.370 e. The lowest BCUT2D eigenvalue weighted by Gasteiger charge is -2.46. The predicted molar refractivity (Wildman–Crippen MR) is 150 cm³/mol. The van der Waals surface area contributed by atoms with Crippen molar-refractivity contribution < 1.29 is 4.74 Å². The molecule has 3 aliphatic rings. The summed E-state index contributed by atoms with van der Waals surface area (Å²) in [6.07, 6.45) is 3.08. The van der Waals surface area contributed by atoms with Crippen molar-refractivity contribution in [3.8, 4) is 6.07 Å². The molecule has 38 heavy (non-hydrogen) atoms. The molecule has 2 fully saturated rings. The topological polar surface area (TPSA) is 80.5 Å². The fourth-order valence-corrected chi connectivity index (χ4v) is 6.29. The third kappa shape index (κ3) is 5.06. The number of nitriles is 1. The molecule has 2 saturated heterocycles. The summed E-state index contributed by atoms with van der Waals surface area (Å²) in [7, 11) is 0. The molecule has 3 aliphatic heterocycles. The van der Waals surface area contributed by atoms with Crippen LogP contribution in [0.1, 0.15) is 30.7 Å². The monoisotopic (exact) mass is 511 g/mol. The number of fused-ring (bicyclic) bond motifs is 2. The molecule has 198 valence electrons. The highest BCUT2D eigenvalue weighted by Crippen LogP contribution is 2.31. The molecule has 0 spiro atoms.